The number of fused-ring (bicyclic) bond motifs is 1. The molecule has 3 rings (SSSR count). The molecule has 0 spiro atoms. The summed E-state index contributed by atoms with van der Waals surface area (Å²) < 4.78 is 0. The number of nitrogens with one attached hydrogen (secondary N) is 2. The quantitative estimate of drug-likeness (QED) is 0.549. The van der Waals surface area contributed by atoms with Gasteiger partial charge in [0, 0.05) is 36.6 Å². The molecule has 0 radical (unpaired) electrons. The Kier molecular flexibility index (Phi) is 6.06. The van der Waals surface area contributed by atoms with Crippen LogP contribution >= 0.6 is 11.6 Å². The number of hydrogen-bond acceptors (Lipinski definition) is 4. The van der Waals surface area contributed by atoms with Gasteiger partial charge in [0.05, 0.1) is 11.1 Å². The third-order valence-electron chi connectivity index (χ3n) is 4.26. The normalized spacial score (nSPS) is 12.7. The van der Waals surface area contributed by atoms with Gasteiger partial charge in [-0.05, 0) is 30.3 Å². The molecule has 1 heterocycles. The second-order valence-corrected chi connectivity index (χ2v) is 6.61. The highest BCUT2D eigenvalue weighted by Gasteiger charge is 2.34. The summed E-state index contributed by atoms with van der Waals surface area (Å²) in [6.45, 7) is 0.477. The van der Waals surface area contributed by atoms with Crippen LogP contribution in [0.15, 0.2) is 48.5 Å². The molecule has 0 saturated heterocycles. The summed E-state index contributed by atoms with van der Waals surface area (Å²) in [5, 5.41) is 5.79. The van der Waals surface area contributed by atoms with Crippen LogP contribution in [-0.2, 0) is 4.79 Å². The maximum Gasteiger partial charge on any atom is 0.261 e. The summed E-state index contributed by atoms with van der Waals surface area (Å²) in [5.41, 5.74) is 1.15. The van der Waals surface area contributed by atoms with Crippen molar-refractivity contribution in [1.82, 2.24) is 15.5 Å². The van der Waals surface area contributed by atoms with Crippen molar-refractivity contribution in [2.45, 2.75) is 6.42 Å². The number of carbonyl (C=O) groups excluding carboxylic acids is 4. The van der Waals surface area contributed by atoms with Gasteiger partial charge in [0.1, 0.15) is 0 Å². The van der Waals surface area contributed by atoms with E-state index in [4.69, 9.17) is 11.6 Å². The van der Waals surface area contributed by atoms with Gasteiger partial charge in [-0.2, -0.15) is 0 Å². The van der Waals surface area contributed by atoms with Crippen LogP contribution in [0, 0.1) is 0 Å². The molecule has 144 valence electrons. The molecule has 0 aliphatic carbocycles. The van der Waals surface area contributed by atoms with Crippen molar-refractivity contribution >= 4 is 35.2 Å². The number of amides is 4. The number of rotatable bonds is 7. The average Bonchev–Trinajstić information content (AvgIpc) is 2.94. The van der Waals surface area contributed by atoms with E-state index in [1.165, 1.54) is 0 Å². The summed E-state index contributed by atoms with van der Waals surface area (Å²) in [5.74, 6) is -1.37. The zero-order valence-electron chi connectivity index (χ0n) is 14.9. The maximum atomic E-state index is 12.2. The summed E-state index contributed by atoms with van der Waals surface area (Å²) in [4.78, 5) is 49.4. The van der Waals surface area contributed by atoms with E-state index >= 15 is 0 Å². The number of nitrogens with zero attached hydrogens (tertiary/aromatic N) is 1. The fourth-order valence-corrected chi connectivity index (χ4v) is 3.04. The van der Waals surface area contributed by atoms with Gasteiger partial charge >= 0.3 is 0 Å². The molecule has 1 aliphatic rings. The highest BCUT2D eigenvalue weighted by molar-refractivity contribution is 6.31. The summed E-state index contributed by atoms with van der Waals surface area (Å²) in [7, 11) is 0. The average molecular weight is 400 g/mol. The van der Waals surface area contributed by atoms with Crippen molar-refractivity contribution < 1.29 is 19.2 Å². The van der Waals surface area contributed by atoms with Crippen molar-refractivity contribution in [3.8, 4) is 0 Å². The molecule has 8 heteroatoms. The van der Waals surface area contributed by atoms with Crippen LogP contribution in [0.1, 0.15) is 37.5 Å². The number of benzene rings is 2. The number of imide groups is 1. The molecule has 7 nitrogen and oxygen atoms in total. The Morgan fingerprint density at radius 3 is 2.18 bits per heavy atom. The van der Waals surface area contributed by atoms with Crippen LogP contribution in [0.5, 0.6) is 0 Å². The van der Waals surface area contributed by atoms with E-state index in [0.29, 0.717) is 21.7 Å². The Balaban J connectivity index is 1.39. The third-order valence-corrected chi connectivity index (χ3v) is 4.50. The highest BCUT2D eigenvalue weighted by atomic mass is 35.5. The molecule has 4 amide bonds. The zero-order valence-corrected chi connectivity index (χ0v) is 15.7. The lowest BCUT2D eigenvalue weighted by atomic mass is 10.1. The number of hydrogen-bond donors (Lipinski definition) is 2. The zero-order chi connectivity index (χ0) is 20.1. The summed E-state index contributed by atoms with van der Waals surface area (Å²) >= 11 is 5.84. The first-order valence-corrected chi connectivity index (χ1v) is 9.11. The summed E-state index contributed by atoms with van der Waals surface area (Å²) in [6, 6.07) is 13.1. The van der Waals surface area contributed by atoms with Crippen LogP contribution in [-0.4, -0.2) is 48.2 Å². The standard InChI is InChI=1S/C20H18ClN3O4/c21-14-5-3-4-13(12-14)18(26)23-10-9-22-17(25)8-11-24-19(27)15-6-1-2-7-16(15)20(24)28/h1-7,12H,8-11H2,(H,22,25)(H,23,26). The highest BCUT2D eigenvalue weighted by Crippen LogP contribution is 2.22. The van der Waals surface area contributed by atoms with Crippen LogP contribution < -0.4 is 10.6 Å². The first kappa shape index (κ1) is 19.6. The van der Waals surface area contributed by atoms with E-state index in [2.05, 4.69) is 10.6 Å². The molecule has 28 heavy (non-hydrogen) atoms. The SMILES string of the molecule is O=C(CCN1C(=O)c2ccccc2C1=O)NCCNC(=O)c1cccc(Cl)c1. The van der Waals surface area contributed by atoms with E-state index in [0.717, 1.165) is 4.90 Å². The van der Waals surface area contributed by atoms with Crippen molar-refractivity contribution in [2.24, 2.45) is 0 Å². The van der Waals surface area contributed by atoms with E-state index in [-0.39, 0.29) is 49.7 Å². The van der Waals surface area contributed by atoms with Gasteiger partial charge in [-0.15, -0.1) is 0 Å². The second-order valence-electron chi connectivity index (χ2n) is 6.17. The first-order chi connectivity index (χ1) is 13.5. The fraction of sp³-hybridized carbons (Fsp3) is 0.200. The fourth-order valence-electron chi connectivity index (χ4n) is 2.85. The van der Waals surface area contributed by atoms with Gasteiger partial charge < -0.3 is 10.6 Å². The van der Waals surface area contributed by atoms with Crippen LogP contribution in [0.25, 0.3) is 0 Å². The lowest BCUT2D eigenvalue weighted by molar-refractivity contribution is -0.121. The van der Waals surface area contributed by atoms with E-state index in [1.54, 1.807) is 48.5 Å². The Hall–Kier alpha value is -3.19. The van der Waals surface area contributed by atoms with Gasteiger partial charge in [-0.1, -0.05) is 29.8 Å². The van der Waals surface area contributed by atoms with E-state index in [9.17, 15) is 19.2 Å². The lowest BCUT2D eigenvalue weighted by Crippen LogP contribution is -2.37. The predicted octanol–water partition coefficient (Wildman–Crippen LogP) is 1.87. The minimum atomic E-state index is -0.387. The minimum absolute atomic E-state index is 0.00624. The topological polar surface area (TPSA) is 95.6 Å². The molecule has 0 unspecified atom stereocenters. The van der Waals surface area contributed by atoms with Crippen LogP contribution in [0.3, 0.4) is 0 Å². The van der Waals surface area contributed by atoms with Crippen LogP contribution in [0.4, 0.5) is 0 Å². The van der Waals surface area contributed by atoms with Gasteiger partial charge in [0.15, 0.2) is 0 Å². The molecular formula is C20H18ClN3O4. The first-order valence-electron chi connectivity index (χ1n) is 8.73. The van der Waals surface area contributed by atoms with Gasteiger partial charge in [-0.25, -0.2) is 0 Å². The van der Waals surface area contributed by atoms with Gasteiger partial charge in [-0.3, -0.25) is 24.1 Å². The van der Waals surface area contributed by atoms with Crippen molar-refractivity contribution in [3.63, 3.8) is 0 Å². The second kappa shape index (κ2) is 8.67. The number of carbonyl (C=O) groups is 4. The maximum absolute atomic E-state index is 12.2. The lowest BCUT2D eigenvalue weighted by Gasteiger charge is -2.13. The van der Waals surface area contributed by atoms with Crippen molar-refractivity contribution in [2.75, 3.05) is 19.6 Å². The van der Waals surface area contributed by atoms with Crippen LogP contribution in [0.2, 0.25) is 5.02 Å². The molecule has 2 aromatic carbocycles. The third kappa shape index (κ3) is 4.37. The van der Waals surface area contributed by atoms with Gasteiger partial charge in [0.2, 0.25) is 5.91 Å². The molecule has 0 saturated carbocycles. The molecule has 2 N–H and O–H groups in total. The Bertz CT molecular complexity index is 910. The predicted molar refractivity (Wildman–Crippen MR) is 103 cm³/mol. The molecule has 1 aliphatic heterocycles. The number of halogens is 1. The molecule has 0 aromatic heterocycles. The van der Waals surface area contributed by atoms with Crippen molar-refractivity contribution in [3.05, 3.63) is 70.2 Å². The van der Waals surface area contributed by atoms with Gasteiger partial charge in [0.25, 0.3) is 17.7 Å². The smallest absolute Gasteiger partial charge is 0.261 e. The van der Waals surface area contributed by atoms with Crippen molar-refractivity contribution in [1.29, 1.82) is 0 Å². The van der Waals surface area contributed by atoms with E-state index in [1.807, 2.05) is 0 Å². The monoisotopic (exact) mass is 399 g/mol. The Morgan fingerprint density at radius 2 is 1.54 bits per heavy atom. The minimum Gasteiger partial charge on any atom is -0.354 e. The molecule has 0 atom stereocenters. The molecule has 0 fully saturated rings. The molecular weight excluding hydrogens is 382 g/mol. The summed E-state index contributed by atoms with van der Waals surface area (Å²) in [6.07, 6.45) is -0.00624. The molecule has 0 bridgehead atoms. The molecule has 2 aromatic rings. The Labute approximate surface area is 166 Å². The largest absolute Gasteiger partial charge is 0.354 e. The Morgan fingerprint density at radius 1 is 0.893 bits per heavy atom. The van der Waals surface area contributed by atoms with E-state index < -0.39 is 0 Å².